The Labute approximate surface area is 139 Å². The van der Waals surface area contributed by atoms with Gasteiger partial charge in [0.2, 0.25) is 0 Å². The van der Waals surface area contributed by atoms with Gasteiger partial charge in [-0.15, -0.1) is 0 Å². The molecule has 93 valence electrons. The summed E-state index contributed by atoms with van der Waals surface area (Å²) in [7, 11) is 0. The van der Waals surface area contributed by atoms with Crippen LogP contribution < -0.4 is 5.73 Å². The Hall–Kier alpha value is -1.61. The largest absolute Gasteiger partial charge is 0.399 e. The van der Waals surface area contributed by atoms with Crippen molar-refractivity contribution in [2.45, 2.75) is 0 Å². The third-order valence-electron chi connectivity index (χ3n) is 3.21. The molecule has 0 heterocycles. The minimum absolute atomic E-state index is 0. The number of nitrogen functional groups attached to an aromatic ring is 1. The van der Waals surface area contributed by atoms with E-state index in [9.17, 15) is 4.79 Å². The fraction of sp³-hybridized carbons (Fsp3) is 0. The standard InChI is InChI=1S/C17H13NO.Na/c18-14-10-8-13(9-11-14)17(19)16-7-3-5-12-4-1-2-6-15(12)16;/h1-11H,18H2;. The predicted molar refractivity (Wildman–Crippen MR) is 84.0 cm³/mol. The van der Waals surface area contributed by atoms with Gasteiger partial charge in [0, 0.05) is 46.4 Å². The molecule has 0 atom stereocenters. The summed E-state index contributed by atoms with van der Waals surface area (Å²) in [6.45, 7) is 0. The number of anilines is 1. The summed E-state index contributed by atoms with van der Waals surface area (Å²) in [5, 5.41) is 2.05. The number of nitrogens with two attached hydrogens (primary N) is 1. The number of rotatable bonds is 2. The fourth-order valence-electron chi connectivity index (χ4n) is 2.21. The first-order valence-electron chi connectivity index (χ1n) is 6.14. The number of hydrogen-bond acceptors (Lipinski definition) is 2. The van der Waals surface area contributed by atoms with Gasteiger partial charge in [-0.3, -0.25) is 4.79 Å². The van der Waals surface area contributed by atoms with Crippen LogP contribution in [0, 0.1) is 0 Å². The van der Waals surface area contributed by atoms with E-state index in [0.717, 1.165) is 16.3 Å². The van der Waals surface area contributed by atoms with Crippen LogP contribution in [-0.2, 0) is 0 Å². The molecule has 0 aliphatic carbocycles. The second-order valence-corrected chi connectivity index (χ2v) is 4.48. The van der Waals surface area contributed by atoms with E-state index in [1.807, 2.05) is 42.5 Å². The van der Waals surface area contributed by atoms with E-state index in [0.29, 0.717) is 11.3 Å². The zero-order valence-corrected chi connectivity index (χ0v) is 13.3. The Morgan fingerprint density at radius 2 is 1.45 bits per heavy atom. The molecule has 0 aliphatic heterocycles. The number of ketones is 1. The first-order valence-corrected chi connectivity index (χ1v) is 6.14. The quantitative estimate of drug-likeness (QED) is 0.441. The Balaban J connectivity index is 0.00000147. The van der Waals surface area contributed by atoms with E-state index in [-0.39, 0.29) is 35.3 Å². The second-order valence-electron chi connectivity index (χ2n) is 4.48. The first-order chi connectivity index (χ1) is 9.25. The molecule has 2 N–H and O–H groups in total. The van der Waals surface area contributed by atoms with E-state index >= 15 is 0 Å². The Morgan fingerprint density at radius 3 is 2.20 bits per heavy atom. The maximum absolute atomic E-state index is 12.5. The third-order valence-corrected chi connectivity index (χ3v) is 3.21. The molecule has 0 amide bonds. The van der Waals surface area contributed by atoms with Crippen molar-refractivity contribution in [1.29, 1.82) is 0 Å². The summed E-state index contributed by atoms with van der Waals surface area (Å²) in [6.07, 6.45) is 0. The molecular formula is C17H13NNaO. The van der Waals surface area contributed by atoms with Crippen LogP contribution in [-0.4, -0.2) is 35.3 Å². The first kappa shape index (κ1) is 14.8. The van der Waals surface area contributed by atoms with Crippen LogP contribution in [0.25, 0.3) is 10.8 Å². The minimum Gasteiger partial charge on any atom is -0.399 e. The van der Waals surface area contributed by atoms with Gasteiger partial charge in [-0.25, -0.2) is 0 Å². The monoisotopic (exact) mass is 270 g/mol. The molecule has 0 spiro atoms. The van der Waals surface area contributed by atoms with Crippen LogP contribution in [0.1, 0.15) is 15.9 Å². The molecule has 2 nitrogen and oxygen atoms in total. The summed E-state index contributed by atoms with van der Waals surface area (Å²) in [6, 6.07) is 20.7. The van der Waals surface area contributed by atoms with E-state index in [4.69, 9.17) is 5.73 Å². The van der Waals surface area contributed by atoms with Crippen molar-refractivity contribution in [2.75, 3.05) is 5.73 Å². The number of hydrogen-bond donors (Lipinski definition) is 1. The van der Waals surface area contributed by atoms with Crippen molar-refractivity contribution in [3.05, 3.63) is 77.9 Å². The van der Waals surface area contributed by atoms with Crippen molar-refractivity contribution >= 4 is 51.8 Å². The van der Waals surface area contributed by atoms with Gasteiger partial charge in [0.1, 0.15) is 0 Å². The van der Waals surface area contributed by atoms with E-state index < -0.39 is 0 Å². The molecule has 0 fully saturated rings. The van der Waals surface area contributed by atoms with Crippen LogP contribution in [0.5, 0.6) is 0 Å². The number of carbonyl (C=O) groups is 1. The molecule has 1 radical (unpaired) electrons. The molecule has 20 heavy (non-hydrogen) atoms. The molecule has 0 unspecified atom stereocenters. The summed E-state index contributed by atoms with van der Waals surface area (Å²) in [5.41, 5.74) is 7.69. The number of benzene rings is 3. The molecule has 3 aromatic rings. The maximum Gasteiger partial charge on any atom is 0.193 e. The van der Waals surface area contributed by atoms with Crippen LogP contribution in [0.3, 0.4) is 0 Å². The van der Waals surface area contributed by atoms with Gasteiger partial charge in [-0.1, -0.05) is 42.5 Å². The van der Waals surface area contributed by atoms with Crippen molar-refractivity contribution in [2.24, 2.45) is 0 Å². The van der Waals surface area contributed by atoms with Crippen molar-refractivity contribution in [3.8, 4) is 0 Å². The Bertz CT molecular complexity index is 745. The fourth-order valence-corrected chi connectivity index (χ4v) is 2.21. The van der Waals surface area contributed by atoms with Crippen LogP contribution in [0.15, 0.2) is 66.7 Å². The van der Waals surface area contributed by atoms with E-state index in [1.165, 1.54) is 0 Å². The minimum atomic E-state index is 0. The number of carbonyl (C=O) groups excluding carboxylic acids is 1. The van der Waals surface area contributed by atoms with Gasteiger partial charge in [0.05, 0.1) is 0 Å². The molecule has 0 saturated heterocycles. The summed E-state index contributed by atoms with van der Waals surface area (Å²) >= 11 is 0. The molecule has 3 aromatic carbocycles. The zero-order chi connectivity index (χ0) is 13.2. The molecule has 0 aliphatic rings. The summed E-state index contributed by atoms with van der Waals surface area (Å²) < 4.78 is 0. The molecule has 0 bridgehead atoms. The van der Waals surface area contributed by atoms with Gasteiger partial charge in [-0.2, -0.15) is 0 Å². The van der Waals surface area contributed by atoms with Crippen LogP contribution in [0.2, 0.25) is 0 Å². The summed E-state index contributed by atoms with van der Waals surface area (Å²) in [4.78, 5) is 12.5. The SMILES string of the molecule is Nc1ccc(C(=O)c2cccc3ccccc23)cc1.[Na]. The molecule has 0 saturated carbocycles. The topological polar surface area (TPSA) is 43.1 Å². The van der Waals surface area contributed by atoms with Gasteiger partial charge in [0.25, 0.3) is 0 Å². The van der Waals surface area contributed by atoms with Gasteiger partial charge < -0.3 is 5.73 Å². The summed E-state index contributed by atoms with van der Waals surface area (Å²) in [5.74, 6) is 0.0248. The van der Waals surface area contributed by atoms with Crippen molar-refractivity contribution in [1.82, 2.24) is 0 Å². The van der Waals surface area contributed by atoms with E-state index in [1.54, 1.807) is 24.3 Å². The Morgan fingerprint density at radius 1 is 0.800 bits per heavy atom. The number of fused-ring (bicyclic) bond motifs is 1. The molecule has 3 rings (SSSR count). The van der Waals surface area contributed by atoms with Crippen LogP contribution in [0.4, 0.5) is 5.69 Å². The smallest absolute Gasteiger partial charge is 0.193 e. The molecular weight excluding hydrogens is 257 g/mol. The average Bonchev–Trinajstić information content (AvgIpc) is 2.47. The van der Waals surface area contributed by atoms with Gasteiger partial charge in [0.15, 0.2) is 5.78 Å². The van der Waals surface area contributed by atoms with Gasteiger partial charge in [-0.05, 0) is 35.0 Å². The van der Waals surface area contributed by atoms with E-state index in [2.05, 4.69) is 0 Å². The predicted octanol–water partition coefficient (Wildman–Crippen LogP) is 3.27. The second kappa shape index (κ2) is 6.23. The molecule has 0 aromatic heterocycles. The van der Waals surface area contributed by atoms with Crippen molar-refractivity contribution < 1.29 is 4.79 Å². The zero-order valence-electron chi connectivity index (χ0n) is 11.3. The molecule has 3 heteroatoms. The van der Waals surface area contributed by atoms with Gasteiger partial charge >= 0.3 is 0 Å². The van der Waals surface area contributed by atoms with Crippen molar-refractivity contribution in [3.63, 3.8) is 0 Å². The maximum atomic E-state index is 12.5. The van der Waals surface area contributed by atoms with Crippen LogP contribution >= 0.6 is 0 Å². The average molecular weight is 270 g/mol. The normalized spacial score (nSPS) is 10.0. The Kier molecular flexibility index (Phi) is 4.61. The third kappa shape index (κ3) is 2.78.